The van der Waals surface area contributed by atoms with Crippen molar-refractivity contribution in [3.8, 4) is 0 Å². The van der Waals surface area contributed by atoms with Crippen LogP contribution in [0, 0.1) is 6.92 Å². The highest BCUT2D eigenvalue weighted by Crippen LogP contribution is 2.35. The van der Waals surface area contributed by atoms with Gasteiger partial charge in [0.05, 0.1) is 12.0 Å². The summed E-state index contributed by atoms with van der Waals surface area (Å²) in [7, 11) is 0. The average molecular weight is 424 g/mol. The molecule has 0 saturated heterocycles. The first kappa shape index (κ1) is 18.2. The van der Waals surface area contributed by atoms with E-state index >= 15 is 0 Å². The van der Waals surface area contributed by atoms with Crippen LogP contribution >= 0.6 is 23.1 Å². The lowest BCUT2D eigenvalue weighted by atomic mass is 10.1. The summed E-state index contributed by atoms with van der Waals surface area (Å²) in [5.74, 6) is 1.57. The summed E-state index contributed by atoms with van der Waals surface area (Å²) < 4.78 is 12.4. The SMILES string of the molecule is Cc1csc(SCC(=O)N2N=C(c3cc4ccccc4o3)C[C@H]2c2ccco2)n1. The summed E-state index contributed by atoms with van der Waals surface area (Å²) in [4.78, 5) is 17.4. The number of thiazole rings is 1. The van der Waals surface area contributed by atoms with Crippen LogP contribution in [0.2, 0.25) is 0 Å². The van der Waals surface area contributed by atoms with Crippen molar-refractivity contribution < 1.29 is 13.6 Å². The molecule has 1 aliphatic heterocycles. The maximum absolute atomic E-state index is 13.0. The van der Waals surface area contributed by atoms with E-state index in [0.717, 1.165) is 26.7 Å². The first-order valence-corrected chi connectivity index (χ1v) is 11.0. The van der Waals surface area contributed by atoms with Gasteiger partial charge in [0, 0.05) is 22.9 Å². The minimum Gasteiger partial charge on any atom is -0.467 e. The van der Waals surface area contributed by atoms with Gasteiger partial charge in [-0.25, -0.2) is 9.99 Å². The van der Waals surface area contributed by atoms with Crippen LogP contribution in [-0.4, -0.2) is 27.4 Å². The smallest absolute Gasteiger partial charge is 0.253 e. The number of thioether (sulfide) groups is 1. The molecule has 0 radical (unpaired) electrons. The van der Waals surface area contributed by atoms with E-state index in [4.69, 9.17) is 8.83 Å². The maximum Gasteiger partial charge on any atom is 0.253 e. The lowest BCUT2D eigenvalue weighted by molar-refractivity contribution is -0.130. The first-order chi connectivity index (χ1) is 14.2. The third-order valence-corrected chi connectivity index (χ3v) is 6.79. The summed E-state index contributed by atoms with van der Waals surface area (Å²) >= 11 is 2.97. The van der Waals surface area contributed by atoms with E-state index in [1.54, 1.807) is 17.6 Å². The van der Waals surface area contributed by atoms with Gasteiger partial charge in [-0.15, -0.1) is 11.3 Å². The van der Waals surface area contributed by atoms with E-state index < -0.39 is 0 Å². The molecule has 0 bridgehead atoms. The molecule has 29 heavy (non-hydrogen) atoms. The molecule has 4 aromatic rings. The van der Waals surface area contributed by atoms with Crippen molar-refractivity contribution in [2.75, 3.05) is 5.75 Å². The van der Waals surface area contributed by atoms with Crippen LogP contribution in [0.25, 0.3) is 11.0 Å². The second-order valence-corrected chi connectivity index (χ2v) is 8.79. The Morgan fingerprint density at radius 1 is 1.31 bits per heavy atom. The number of furan rings is 2. The van der Waals surface area contributed by atoms with Crippen LogP contribution in [0.3, 0.4) is 0 Å². The number of carbonyl (C=O) groups is 1. The fraction of sp³-hybridized carbons (Fsp3) is 0.190. The van der Waals surface area contributed by atoms with Gasteiger partial charge in [0.15, 0.2) is 10.1 Å². The number of aromatic nitrogens is 1. The minimum atomic E-state index is -0.278. The highest BCUT2D eigenvalue weighted by Gasteiger charge is 2.36. The highest BCUT2D eigenvalue weighted by molar-refractivity contribution is 8.01. The molecule has 1 atom stereocenters. The number of aryl methyl sites for hydroxylation is 1. The molecule has 0 N–H and O–H groups in total. The third-order valence-electron chi connectivity index (χ3n) is 4.66. The lowest BCUT2D eigenvalue weighted by Crippen LogP contribution is -2.28. The molecule has 0 aliphatic carbocycles. The van der Waals surface area contributed by atoms with Gasteiger partial charge >= 0.3 is 0 Å². The van der Waals surface area contributed by atoms with E-state index in [0.29, 0.717) is 17.9 Å². The van der Waals surface area contributed by atoms with Crippen LogP contribution in [0.4, 0.5) is 0 Å². The molecular formula is C21H17N3O3S2. The minimum absolute atomic E-state index is 0.0876. The molecule has 5 rings (SSSR count). The van der Waals surface area contributed by atoms with Crippen LogP contribution in [0.15, 0.2) is 72.4 Å². The zero-order valence-electron chi connectivity index (χ0n) is 15.6. The molecule has 1 aromatic carbocycles. The Bertz CT molecular complexity index is 1160. The van der Waals surface area contributed by atoms with Crippen molar-refractivity contribution >= 4 is 45.7 Å². The van der Waals surface area contributed by atoms with Crippen molar-refractivity contribution in [1.82, 2.24) is 9.99 Å². The number of nitrogens with zero attached hydrogens (tertiary/aromatic N) is 3. The molecular weight excluding hydrogens is 406 g/mol. The molecule has 1 amide bonds. The Morgan fingerprint density at radius 3 is 2.97 bits per heavy atom. The van der Waals surface area contributed by atoms with Crippen molar-refractivity contribution in [3.05, 3.63) is 71.3 Å². The Kier molecular flexibility index (Phi) is 4.73. The molecule has 8 heteroatoms. The number of benzene rings is 1. The van der Waals surface area contributed by atoms with Gasteiger partial charge in [0.2, 0.25) is 0 Å². The third kappa shape index (κ3) is 3.61. The normalized spacial score (nSPS) is 16.5. The largest absolute Gasteiger partial charge is 0.467 e. The summed E-state index contributed by atoms with van der Waals surface area (Å²) in [5, 5.41) is 9.14. The molecule has 0 unspecified atom stereocenters. The average Bonchev–Trinajstić information content (AvgIpc) is 3.51. The van der Waals surface area contributed by atoms with Crippen LogP contribution in [0.5, 0.6) is 0 Å². The molecule has 0 spiro atoms. The monoisotopic (exact) mass is 423 g/mol. The van der Waals surface area contributed by atoms with Crippen LogP contribution < -0.4 is 0 Å². The zero-order chi connectivity index (χ0) is 19.8. The molecule has 6 nitrogen and oxygen atoms in total. The van der Waals surface area contributed by atoms with Gasteiger partial charge in [-0.3, -0.25) is 4.79 Å². The van der Waals surface area contributed by atoms with Gasteiger partial charge < -0.3 is 8.83 Å². The summed E-state index contributed by atoms with van der Waals surface area (Å²) in [6.45, 7) is 1.94. The molecule has 146 valence electrons. The van der Waals surface area contributed by atoms with E-state index in [2.05, 4.69) is 10.1 Å². The van der Waals surface area contributed by atoms with Gasteiger partial charge in [-0.05, 0) is 31.2 Å². The Balaban J connectivity index is 1.42. The summed E-state index contributed by atoms with van der Waals surface area (Å²) in [6.07, 6.45) is 2.16. The van der Waals surface area contributed by atoms with Gasteiger partial charge in [-0.2, -0.15) is 5.10 Å². The maximum atomic E-state index is 13.0. The molecule has 4 heterocycles. The fourth-order valence-electron chi connectivity index (χ4n) is 3.30. The Labute approximate surface area is 175 Å². The topological polar surface area (TPSA) is 71.8 Å². The number of amides is 1. The standard InChI is InChI=1S/C21H17N3O3S2/c1-13-11-28-21(22-13)29-12-20(25)24-16(18-7-4-8-26-18)10-15(23-24)19-9-14-5-2-3-6-17(14)27-19/h2-9,11,16H,10,12H2,1H3/t16-/m0/s1. The first-order valence-electron chi connectivity index (χ1n) is 9.14. The number of para-hydroxylation sites is 1. The second kappa shape index (κ2) is 7.53. The summed E-state index contributed by atoms with van der Waals surface area (Å²) in [5.41, 5.74) is 2.51. The number of hydrogen-bond donors (Lipinski definition) is 0. The van der Waals surface area contributed by atoms with E-state index in [-0.39, 0.29) is 17.7 Å². The van der Waals surface area contributed by atoms with Gasteiger partial charge in [0.1, 0.15) is 23.1 Å². The molecule has 0 fully saturated rings. The van der Waals surface area contributed by atoms with Crippen molar-refractivity contribution in [2.24, 2.45) is 5.10 Å². The van der Waals surface area contributed by atoms with Crippen LogP contribution in [0.1, 0.15) is 29.7 Å². The molecule has 1 aliphatic rings. The van der Waals surface area contributed by atoms with Crippen molar-refractivity contribution in [1.29, 1.82) is 0 Å². The quantitative estimate of drug-likeness (QED) is 0.409. The van der Waals surface area contributed by atoms with E-state index in [1.165, 1.54) is 16.8 Å². The number of carbonyl (C=O) groups excluding carboxylic acids is 1. The predicted molar refractivity (Wildman–Crippen MR) is 113 cm³/mol. The van der Waals surface area contributed by atoms with E-state index in [9.17, 15) is 4.79 Å². The van der Waals surface area contributed by atoms with Crippen LogP contribution in [-0.2, 0) is 4.79 Å². The summed E-state index contributed by atoms with van der Waals surface area (Å²) in [6, 6.07) is 13.2. The van der Waals surface area contributed by atoms with E-state index in [1.807, 2.05) is 54.8 Å². The Morgan fingerprint density at radius 2 is 2.21 bits per heavy atom. The Hall–Kier alpha value is -2.84. The van der Waals surface area contributed by atoms with Crippen molar-refractivity contribution in [3.63, 3.8) is 0 Å². The number of hydrogen-bond acceptors (Lipinski definition) is 7. The predicted octanol–water partition coefficient (Wildman–Crippen LogP) is 5.26. The van der Waals surface area contributed by atoms with Crippen molar-refractivity contribution in [2.45, 2.75) is 23.7 Å². The fourth-order valence-corrected chi connectivity index (χ4v) is 5.01. The molecule has 3 aromatic heterocycles. The van der Waals surface area contributed by atoms with Gasteiger partial charge in [0.25, 0.3) is 5.91 Å². The number of fused-ring (bicyclic) bond motifs is 1. The van der Waals surface area contributed by atoms with Gasteiger partial charge in [-0.1, -0.05) is 30.0 Å². The number of hydrazone groups is 1. The lowest BCUT2D eigenvalue weighted by Gasteiger charge is -2.19. The zero-order valence-corrected chi connectivity index (χ0v) is 17.2. The highest BCUT2D eigenvalue weighted by atomic mass is 32.2. The molecule has 0 saturated carbocycles. The second-order valence-electron chi connectivity index (χ2n) is 6.71. The number of rotatable bonds is 5.